The Labute approximate surface area is 57.9 Å². The van der Waals surface area contributed by atoms with Gasteiger partial charge >= 0.3 is 7.60 Å². The third kappa shape index (κ3) is 8.40. The van der Waals surface area contributed by atoms with Gasteiger partial charge in [-0.05, 0) is 0 Å². The molecule has 0 radical (unpaired) electrons. The average Bonchev–Trinajstić information content (AvgIpc) is 1.63. The molecule has 0 aromatic heterocycles. The summed E-state index contributed by atoms with van der Waals surface area (Å²) < 4.78 is 14.5. The van der Waals surface area contributed by atoms with Crippen molar-refractivity contribution < 1.29 is 19.1 Å². The van der Waals surface area contributed by atoms with Crippen LogP contribution in [-0.4, -0.2) is 28.6 Å². The number of rotatable bonds is 4. The highest BCUT2D eigenvalue weighted by Gasteiger charge is 2.11. The first-order valence-corrected chi connectivity index (χ1v) is 4.58. The first-order valence-electron chi connectivity index (χ1n) is 2.24. The van der Waals surface area contributed by atoms with Crippen LogP contribution < -0.4 is 0 Å². The van der Waals surface area contributed by atoms with Crippen LogP contribution in [0.2, 0.25) is 0 Å². The zero-order chi connectivity index (χ0) is 7.33. The van der Waals surface area contributed by atoms with E-state index in [1.165, 1.54) is 0 Å². The summed E-state index contributed by atoms with van der Waals surface area (Å²) in [5, 5.41) is 0. The summed E-state index contributed by atoms with van der Waals surface area (Å²) in [5.74, 6) is 0.250. The fourth-order valence-electron chi connectivity index (χ4n) is 0.238. The fraction of sp³-hybridized carbons (Fsp3) is 1.00. The Hall–Kier alpha value is 0.400. The van der Waals surface area contributed by atoms with E-state index in [4.69, 9.17) is 21.4 Å². The van der Waals surface area contributed by atoms with Crippen molar-refractivity contribution in [2.24, 2.45) is 0 Å². The molecule has 0 unspecified atom stereocenters. The molecular weight excluding hydrogens is 166 g/mol. The standard InChI is InChI=1S/C3H8ClO4P/c4-1-2-8-3-9(5,6)7/h1-3H2,(H2,5,6,7). The molecule has 0 aromatic rings. The fourth-order valence-corrected chi connectivity index (χ4v) is 0.714. The van der Waals surface area contributed by atoms with E-state index in [2.05, 4.69) is 4.74 Å². The van der Waals surface area contributed by atoms with Crippen molar-refractivity contribution >= 4 is 19.2 Å². The van der Waals surface area contributed by atoms with Gasteiger partial charge in [0.25, 0.3) is 0 Å². The molecule has 0 saturated carbocycles. The highest BCUT2D eigenvalue weighted by Crippen LogP contribution is 2.33. The molecule has 4 nitrogen and oxygen atoms in total. The van der Waals surface area contributed by atoms with Crippen LogP contribution in [0, 0.1) is 0 Å². The minimum Gasteiger partial charge on any atom is -0.368 e. The molecule has 0 fully saturated rings. The van der Waals surface area contributed by atoms with E-state index in [1.54, 1.807) is 0 Å². The second kappa shape index (κ2) is 4.25. The predicted molar refractivity (Wildman–Crippen MR) is 33.6 cm³/mol. The lowest BCUT2D eigenvalue weighted by molar-refractivity contribution is 0.172. The van der Waals surface area contributed by atoms with Gasteiger partial charge in [0.15, 0.2) is 0 Å². The Morgan fingerprint density at radius 1 is 1.56 bits per heavy atom. The van der Waals surface area contributed by atoms with E-state index in [9.17, 15) is 4.57 Å². The number of ether oxygens (including phenoxy) is 1. The minimum atomic E-state index is -3.98. The van der Waals surface area contributed by atoms with Gasteiger partial charge in [-0.25, -0.2) is 0 Å². The second-order valence-corrected chi connectivity index (χ2v) is 3.36. The molecule has 9 heavy (non-hydrogen) atoms. The van der Waals surface area contributed by atoms with Crippen molar-refractivity contribution in [3.05, 3.63) is 0 Å². The van der Waals surface area contributed by atoms with Crippen LogP contribution in [0.4, 0.5) is 0 Å². The molecule has 0 aliphatic rings. The first-order chi connectivity index (χ1) is 4.06. The number of hydrogen-bond acceptors (Lipinski definition) is 2. The number of alkyl halides is 1. The zero-order valence-electron chi connectivity index (χ0n) is 4.66. The molecule has 0 aliphatic carbocycles. The van der Waals surface area contributed by atoms with Gasteiger partial charge in [0, 0.05) is 5.88 Å². The SMILES string of the molecule is O=P(O)(O)COCCCl. The van der Waals surface area contributed by atoms with Gasteiger partial charge < -0.3 is 14.5 Å². The van der Waals surface area contributed by atoms with E-state index < -0.39 is 13.9 Å². The van der Waals surface area contributed by atoms with E-state index >= 15 is 0 Å². The lowest BCUT2D eigenvalue weighted by Gasteiger charge is -2.02. The van der Waals surface area contributed by atoms with Crippen LogP contribution >= 0.6 is 19.2 Å². The summed E-state index contributed by atoms with van der Waals surface area (Å²) in [6.07, 6.45) is -0.542. The largest absolute Gasteiger partial charge is 0.368 e. The summed E-state index contributed by atoms with van der Waals surface area (Å²) in [7, 11) is -3.98. The van der Waals surface area contributed by atoms with Crippen molar-refractivity contribution in [2.75, 3.05) is 18.8 Å². The maximum Gasteiger partial charge on any atom is 0.350 e. The van der Waals surface area contributed by atoms with Crippen molar-refractivity contribution in [1.29, 1.82) is 0 Å². The highest BCUT2D eigenvalue weighted by molar-refractivity contribution is 7.51. The van der Waals surface area contributed by atoms with Crippen LogP contribution in [0.25, 0.3) is 0 Å². The monoisotopic (exact) mass is 174 g/mol. The van der Waals surface area contributed by atoms with Crippen molar-refractivity contribution in [3.63, 3.8) is 0 Å². The molecular formula is C3H8ClO4P. The Morgan fingerprint density at radius 2 is 2.11 bits per heavy atom. The van der Waals surface area contributed by atoms with Crippen LogP contribution in [0.15, 0.2) is 0 Å². The van der Waals surface area contributed by atoms with Crippen molar-refractivity contribution in [2.45, 2.75) is 0 Å². The molecule has 2 N–H and O–H groups in total. The molecule has 0 aromatic carbocycles. The summed E-state index contributed by atoms with van der Waals surface area (Å²) >= 11 is 5.15. The lowest BCUT2D eigenvalue weighted by Crippen LogP contribution is -1.97. The molecule has 0 bridgehead atoms. The summed E-state index contributed by atoms with van der Waals surface area (Å²) in [6.45, 7) is 0.173. The molecule has 56 valence electrons. The molecule has 0 rings (SSSR count). The molecule has 0 heterocycles. The molecule has 0 atom stereocenters. The molecule has 0 saturated heterocycles. The summed E-state index contributed by atoms with van der Waals surface area (Å²) in [4.78, 5) is 16.4. The Morgan fingerprint density at radius 3 is 2.44 bits per heavy atom. The Kier molecular flexibility index (Phi) is 4.44. The van der Waals surface area contributed by atoms with E-state index in [-0.39, 0.29) is 12.5 Å². The maximum absolute atomic E-state index is 10.0. The predicted octanol–water partition coefficient (Wildman–Crippen LogP) is 0.377. The van der Waals surface area contributed by atoms with Gasteiger partial charge in [-0.2, -0.15) is 0 Å². The molecule has 0 spiro atoms. The van der Waals surface area contributed by atoms with Crippen LogP contribution in [0.1, 0.15) is 0 Å². The number of hydrogen-bond donors (Lipinski definition) is 2. The van der Waals surface area contributed by atoms with Gasteiger partial charge in [-0.1, -0.05) is 0 Å². The van der Waals surface area contributed by atoms with Gasteiger partial charge in [0.2, 0.25) is 0 Å². The quantitative estimate of drug-likeness (QED) is 0.367. The third-order valence-electron chi connectivity index (χ3n) is 0.481. The van der Waals surface area contributed by atoms with Crippen molar-refractivity contribution in [3.8, 4) is 0 Å². The van der Waals surface area contributed by atoms with E-state index in [0.29, 0.717) is 0 Å². The van der Waals surface area contributed by atoms with Crippen LogP contribution in [-0.2, 0) is 9.30 Å². The Balaban J connectivity index is 3.18. The summed E-state index contributed by atoms with van der Waals surface area (Å²) in [5.41, 5.74) is 0. The molecule has 0 amide bonds. The second-order valence-electron chi connectivity index (χ2n) is 1.39. The van der Waals surface area contributed by atoms with Crippen molar-refractivity contribution in [1.82, 2.24) is 0 Å². The topological polar surface area (TPSA) is 66.8 Å². The van der Waals surface area contributed by atoms with Gasteiger partial charge in [0.05, 0.1) is 6.61 Å². The molecule has 0 aliphatic heterocycles. The maximum atomic E-state index is 10.0. The lowest BCUT2D eigenvalue weighted by atomic mass is 10.9. The third-order valence-corrected chi connectivity index (χ3v) is 1.15. The Bertz CT molecular complexity index is 110. The van der Waals surface area contributed by atoms with Crippen LogP contribution in [0.5, 0.6) is 0 Å². The van der Waals surface area contributed by atoms with Gasteiger partial charge in [0.1, 0.15) is 6.35 Å². The van der Waals surface area contributed by atoms with Gasteiger partial charge in [-0.3, -0.25) is 4.57 Å². The minimum absolute atomic E-state index is 0.173. The zero-order valence-corrected chi connectivity index (χ0v) is 6.31. The van der Waals surface area contributed by atoms with Gasteiger partial charge in [-0.15, -0.1) is 11.6 Å². The smallest absolute Gasteiger partial charge is 0.350 e. The molecule has 6 heteroatoms. The van der Waals surface area contributed by atoms with Crippen LogP contribution in [0.3, 0.4) is 0 Å². The normalized spacial score (nSPS) is 11.9. The van der Waals surface area contributed by atoms with E-state index in [0.717, 1.165) is 0 Å². The highest BCUT2D eigenvalue weighted by atomic mass is 35.5. The first kappa shape index (κ1) is 9.40. The number of halogens is 1. The summed E-state index contributed by atoms with van der Waals surface area (Å²) in [6, 6.07) is 0. The van der Waals surface area contributed by atoms with E-state index in [1.807, 2.05) is 0 Å². The average molecular weight is 175 g/mol.